The van der Waals surface area contributed by atoms with Gasteiger partial charge in [-0.25, -0.2) is 4.98 Å². The number of fused-ring (bicyclic) bond motifs is 1. The van der Waals surface area contributed by atoms with E-state index in [1.54, 1.807) is 18.2 Å². The molecule has 1 amide bonds. The molecule has 0 aliphatic carbocycles. The Morgan fingerprint density at radius 1 is 0.900 bits per heavy atom. The summed E-state index contributed by atoms with van der Waals surface area (Å²) in [5.74, 6) is 0.813. The zero-order chi connectivity index (χ0) is 20.9. The Bertz CT molecular complexity index is 1190. The zero-order valence-electron chi connectivity index (χ0n) is 16.3. The number of aryl methyl sites for hydroxylation is 1. The second-order valence-electron chi connectivity index (χ2n) is 7.03. The average Bonchev–Trinajstić information content (AvgIpc) is 3.10. The predicted molar refractivity (Wildman–Crippen MR) is 122 cm³/mol. The number of carbonyl (C=O) groups excluding carboxylic acids is 1. The number of carbonyl (C=O) groups is 1. The highest BCUT2D eigenvalue weighted by Crippen LogP contribution is 2.22. The summed E-state index contributed by atoms with van der Waals surface area (Å²) >= 11 is 12.5. The molecule has 0 saturated carbocycles. The van der Waals surface area contributed by atoms with Crippen LogP contribution in [-0.4, -0.2) is 22.0 Å². The lowest BCUT2D eigenvalue weighted by atomic mass is 10.2. The van der Waals surface area contributed by atoms with E-state index in [9.17, 15) is 4.79 Å². The lowest BCUT2D eigenvalue weighted by Gasteiger charge is -2.11. The van der Waals surface area contributed by atoms with Crippen LogP contribution >= 0.6 is 23.2 Å². The van der Waals surface area contributed by atoms with E-state index >= 15 is 0 Å². The minimum atomic E-state index is -0.162. The van der Waals surface area contributed by atoms with Crippen molar-refractivity contribution >= 4 is 40.1 Å². The predicted octanol–water partition coefficient (Wildman–Crippen LogP) is 5.75. The molecule has 4 nitrogen and oxygen atoms in total. The van der Waals surface area contributed by atoms with E-state index in [0.717, 1.165) is 40.3 Å². The fraction of sp³-hybridized carbons (Fsp3) is 0.167. The molecule has 1 aromatic heterocycles. The van der Waals surface area contributed by atoms with Crippen LogP contribution in [0.15, 0.2) is 72.8 Å². The molecule has 0 bridgehead atoms. The first-order valence-electron chi connectivity index (χ1n) is 9.84. The summed E-state index contributed by atoms with van der Waals surface area (Å²) in [7, 11) is 0. The van der Waals surface area contributed by atoms with Crippen molar-refractivity contribution in [3.63, 3.8) is 0 Å². The Balaban J connectivity index is 1.47. The molecule has 1 heterocycles. The molecule has 0 atom stereocenters. The minimum absolute atomic E-state index is 0.162. The Morgan fingerprint density at radius 3 is 2.40 bits per heavy atom. The molecular formula is C24H21Cl2N3O. The van der Waals surface area contributed by atoms with Crippen molar-refractivity contribution in [2.24, 2.45) is 0 Å². The Hall–Kier alpha value is -2.82. The summed E-state index contributed by atoms with van der Waals surface area (Å²) in [6, 6.07) is 23.0. The lowest BCUT2D eigenvalue weighted by molar-refractivity contribution is 0.0953. The van der Waals surface area contributed by atoms with Crippen LogP contribution in [0.4, 0.5) is 0 Å². The van der Waals surface area contributed by atoms with Crippen molar-refractivity contribution in [3.8, 4) is 0 Å². The van der Waals surface area contributed by atoms with Gasteiger partial charge in [-0.2, -0.15) is 0 Å². The highest BCUT2D eigenvalue weighted by atomic mass is 35.5. The van der Waals surface area contributed by atoms with E-state index in [1.165, 1.54) is 0 Å². The molecule has 152 valence electrons. The molecule has 0 fully saturated rings. The van der Waals surface area contributed by atoms with Crippen molar-refractivity contribution in [1.29, 1.82) is 0 Å². The van der Waals surface area contributed by atoms with Gasteiger partial charge in [0.15, 0.2) is 0 Å². The van der Waals surface area contributed by atoms with Gasteiger partial charge in [0.2, 0.25) is 0 Å². The number of hydrogen-bond acceptors (Lipinski definition) is 2. The van der Waals surface area contributed by atoms with Gasteiger partial charge in [-0.1, -0.05) is 65.7 Å². The highest BCUT2D eigenvalue weighted by molar-refractivity contribution is 6.33. The minimum Gasteiger partial charge on any atom is -0.352 e. The van der Waals surface area contributed by atoms with E-state index in [4.69, 9.17) is 28.2 Å². The number of rotatable bonds is 7. The zero-order valence-corrected chi connectivity index (χ0v) is 17.8. The number of nitrogens with zero attached hydrogens (tertiary/aromatic N) is 2. The van der Waals surface area contributed by atoms with Crippen LogP contribution in [0.25, 0.3) is 11.0 Å². The number of nitrogens with one attached hydrogen (secondary N) is 1. The van der Waals surface area contributed by atoms with Gasteiger partial charge < -0.3 is 9.88 Å². The second-order valence-corrected chi connectivity index (χ2v) is 7.85. The van der Waals surface area contributed by atoms with E-state index < -0.39 is 0 Å². The Kier molecular flexibility index (Phi) is 6.36. The molecule has 1 N–H and O–H groups in total. The lowest BCUT2D eigenvalue weighted by Crippen LogP contribution is -2.25. The van der Waals surface area contributed by atoms with Crippen LogP contribution < -0.4 is 5.32 Å². The topological polar surface area (TPSA) is 46.9 Å². The van der Waals surface area contributed by atoms with Crippen LogP contribution in [0.5, 0.6) is 0 Å². The number of amides is 1. The van der Waals surface area contributed by atoms with Crippen molar-refractivity contribution in [2.75, 3.05) is 6.54 Å². The number of benzene rings is 3. The number of para-hydroxylation sites is 2. The molecule has 6 heteroatoms. The van der Waals surface area contributed by atoms with Crippen LogP contribution in [0.1, 0.15) is 28.2 Å². The summed E-state index contributed by atoms with van der Waals surface area (Å²) < 4.78 is 2.20. The summed E-state index contributed by atoms with van der Waals surface area (Å²) in [6.07, 6.45) is 1.50. The first kappa shape index (κ1) is 20.5. The van der Waals surface area contributed by atoms with Crippen molar-refractivity contribution in [1.82, 2.24) is 14.9 Å². The molecule has 30 heavy (non-hydrogen) atoms. The maximum atomic E-state index is 12.3. The van der Waals surface area contributed by atoms with Crippen LogP contribution in [-0.2, 0) is 13.0 Å². The molecule has 0 saturated heterocycles. The molecule has 4 aromatic rings. The molecule has 0 radical (unpaired) electrons. The molecular weight excluding hydrogens is 417 g/mol. The number of hydrogen-bond donors (Lipinski definition) is 1. The summed E-state index contributed by atoms with van der Waals surface area (Å²) in [5.41, 5.74) is 3.58. The number of imidazole rings is 1. The first-order chi connectivity index (χ1) is 14.6. The van der Waals surface area contributed by atoms with Gasteiger partial charge in [0.05, 0.1) is 28.2 Å². The molecule has 3 aromatic carbocycles. The molecule has 0 aliphatic rings. The fourth-order valence-electron chi connectivity index (χ4n) is 3.48. The quantitative estimate of drug-likeness (QED) is 0.373. The third-order valence-electron chi connectivity index (χ3n) is 5.00. The van der Waals surface area contributed by atoms with E-state index in [-0.39, 0.29) is 5.91 Å². The largest absolute Gasteiger partial charge is 0.352 e. The van der Waals surface area contributed by atoms with E-state index in [0.29, 0.717) is 23.7 Å². The summed E-state index contributed by atoms with van der Waals surface area (Å²) in [5, 5.41) is 4.14. The van der Waals surface area contributed by atoms with Crippen molar-refractivity contribution in [2.45, 2.75) is 19.4 Å². The van der Waals surface area contributed by atoms with Crippen LogP contribution in [0, 0.1) is 0 Å². The fourth-order valence-corrected chi connectivity index (χ4v) is 3.90. The monoisotopic (exact) mass is 437 g/mol. The molecule has 0 spiro atoms. The molecule has 0 aliphatic heterocycles. The maximum absolute atomic E-state index is 12.3. The van der Waals surface area contributed by atoms with Gasteiger partial charge in [-0.3, -0.25) is 4.79 Å². The van der Waals surface area contributed by atoms with E-state index in [1.807, 2.05) is 48.5 Å². The number of halogens is 2. The Labute approximate surface area is 185 Å². The third kappa shape index (κ3) is 4.50. The van der Waals surface area contributed by atoms with Gasteiger partial charge in [0.25, 0.3) is 5.91 Å². The average molecular weight is 438 g/mol. The third-order valence-corrected chi connectivity index (χ3v) is 5.70. The van der Waals surface area contributed by atoms with Gasteiger partial charge in [-0.05, 0) is 42.3 Å². The van der Waals surface area contributed by atoms with Gasteiger partial charge in [0, 0.05) is 18.0 Å². The smallest absolute Gasteiger partial charge is 0.252 e. The standard InChI is InChI=1S/C24H21Cl2N3O/c25-19-10-3-1-8-17(19)16-29-22-13-6-5-12-21(22)28-23(29)14-7-15-27-24(30)18-9-2-4-11-20(18)26/h1-6,8-13H,7,14-16H2,(H,27,30). The van der Waals surface area contributed by atoms with E-state index in [2.05, 4.69) is 16.0 Å². The number of aromatic nitrogens is 2. The van der Waals surface area contributed by atoms with Crippen molar-refractivity contribution < 1.29 is 4.79 Å². The van der Waals surface area contributed by atoms with Crippen LogP contribution in [0.2, 0.25) is 10.0 Å². The van der Waals surface area contributed by atoms with Gasteiger partial charge in [-0.15, -0.1) is 0 Å². The van der Waals surface area contributed by atoms with Crippen molar-refractivity contribution in [3.05, 3.63) is 99.8 Å². The summed E-state index contributed by atoms with van der Waals surface area (Å²) in [6.45, 7) is 1.20. The van der Waals surface area contributed by atoms with Gasteiger partial charge in [0.1, 0.15) is 5.82 Å². The Morgan fingerprint density at radius 2 is 1.60 bits per heavy atom. The van der Waals surface area contributed by atoms with Gasteiger partial charge >= 0.3 is 0 Å². The highest BCUT2D eigenvalue weighted by Gasteiger charge is 2.13. The molecule has 0 unspecified atom stereocenters. The maximum Gasteiger partial charge on any atom is 0.252 e. The normalized spacial score (nSPS) is 11.0. The SMILES string of the molecule is O=C(NCCCc1nc2ccccc2n1Cc1ccccc1Cl)c1ccccc1Cl. The molecule has 4 rings (SSSR count). The van der Waals surface area contributed by atoms with Crippen LogP contribution in [0.3, 0.4) is 0 Å². The second kappa shape index (κ2) is 9.33. The summed E-state index contributed by atoms with van der Waals surface area (Å²) in [4.78, 5) is 17.1. The first-order valence-corrected chi connectivity index (χ1v) is 10.6.